The Morgan fingerprint density at radius 1 is 0.810 bits per heavy atom. The molecular weight excluding hydrogens is 288 g/mol. The first kappa shape index (κ1) is 19.4. The average molecular weight is 329 g/mol. The fourth-order valence-corrected chi connectivity index (χ4v) is 18.0. The topological polar surface area (TPSA) is 52.0 Å². The zero-order chi connectivity index (χ0) is 16.0. The van der Waals surface area contributed by atoms with Gasteiger partial charge in [-0.3, -0.25) is 0 Å². The lowest BCUT2D eigenvalue weighted by atomic mass is 9.90. The molecule has 0 aromatic heterocycles. The highest BCUT2D eigenvalue weighted by Gasteiger charge is 2.53. The number of hydrogen-bond acceptors (Lipinski definition) is 2. The lowest BCUT2D eigenvalue weighted by Crippen LogP contribution is -2.62. The molecule has 0 unspecified atom stereocenters. The van der Waals surface area contributed by atoms with Crippen molar-refractivity contribution < 1.29 is 0 Å². The third-order valence-electron chi connectivity index (χ3n) is 6.94. The van der Waals surface area contributed by atoms with Crippen molar-refractivity contribution in [2.45, 2.75) is 95.1 Å². The van der Waals surface area contributed by atoms with Gasteiger partial charge in [0.25, 0.3) is 0 Å². The van der Waals surface area contributed by atoms with Gasteiger partial charge in [-0.05, 0) is 43.8 Å². The molecule has 0 aromatic rings. The zero-order valence-electron chi connectivity index (χ0n) is 15.1. The maximum atomic E-state index is 5.89. The van der Waals surface area contributed by atoms with Gasteiger partial charge >= 0.3 is 0 Å². The van der Waals surface area contributed by atoms with Gasteiger partial charge in [-0.2, -0.15) is 0 Å². The van der Waals surface area contributed by atoms with Crippen LogP contribution in [-0.2, 0) is 0 Å². The van der Waals surface area contributed by atoms with Crippen LogP contribution in [0.3, 0.4) is 0 Å². The molecule has 0 atom stereocenters. The molecule has 4 heteroatoms. The van der Waals surface area contributed by atoms with Crippen molar-refractivity contribution in [3.8, 4) is 0 Å². The van der Waals surface area contributed by atoms with E-state index in [4.69, 9.17) is 11.5 Å². The summed E-state index contributed by atoms with van der Waals surface area (Å²) in [5.41, 5.74) is 11.8. The summed E-state index contributed by atoms with van der Waals surface area (Å²) in [6.07, 6.45) is 12.5. The first-order chi connectivity index (χ1) is 9.83. The van der Waals surface area contributed by atoms with E-state index in [0.29, 0.717) is 5.04 Å². The van der Waals surface area contributed by atoms with Gasteiger partial charge < -0.3 is 11.5 Å². The van der Waals surface area contributed by atoms with Crippen LogP contribution in [-0.4, -0.2) is 28.3 Å². The summed E-state index contributed by atoms with van der Waals surface area (Å²) in [6.45, 7) is 12.6. The quantitative estimate of drug-likeness (QED) is 0.696. The van der Waals surface area contributed by atoms with Crippen LogP contribution < -0.4 is 11.5 Å². The van der Waals surface area contributed by atoms with Gasteiger partial charge in [-0.25, -0.2) is 0 Å². The molecule has 126 valence electrons. The Morgan fingerprint density at radius 2 is 1.33 bits per heavy atom. The highest BCUT2D eigenvalue weighted by Crippen LogP contribution is 2.55. The Morgan fingerprint density at radius 3 is 1.86 bits per heavy atom. The van der Waals surface area contributed by atoms with Crippen LogP contribution in [0.5, 0.6) is 0 Å². The largest absolute Gasteiger partial charge is 0.330 e. The third-order valence-corrected chi connectivity index (χ3v) is 27.8. The average Bonchev–Trinajstić information content (AvgIpc) is 2.47. The lowest BCUT2D eigenvalue weighted by Gasteiger charge is -2.54. The van der Waals surface area contributed by atoms with Crippen LogP contribution in [0, 0.1) is 0 Å². The van der Waals surface area contributed by atoms with Crippen molar-refractivity contribution in [3.63, 3.8) is 0 Å². The van der Waals surface area contributed by atoms with Gasteiger partial charge in [0.15, 0.2) is 0 Å². The highest BCUT2D eigenvalue weighted by atomic mass is 29.3. The molecule has 1 rings (SSSR count). The van der Waals surface area contributed by atoms with Crippen molar-refractivity contribution in [1.29, 1.82) is 0 Å². The van der Waals surface area contributed by atoms with Crippen molar-refractivity contribution in [2.75, 3.05) is 13.1 Å². The first-order valence-electron chi connectivity index (χ1n) is 9.23. The normalized spacial score (nSPS) is 24.9. The maximum absolute atomic E-state index is 5.89. The molecule has 1 aliphatic rings. The molecule has 2 nitrogen and oxygen atoms in total. The van der Waals surface area contributed by atoms with Gasteiger partial charge in [0.1, 0.15) is 0 Å². The van der Waals surface area contributed by atoms with Crippen LogP contribution in [0.4, 0.5) is 0 Å². The highest BCUT2D eigenvalue weighted by molar-refractivity contribution is 7.41. The second-order valence-corrected chi connectivity index (χ2v) is 24.9. The van der Waals surface area contributed by atoms with E-state index in [1.165, 1.54) is 57.8 Å². The Bertz CT molecular complexity index is 295. The van der Waals surface area contributed by atoms with Crippen LogP contribution in [0.15, 0.2) is 0 Å². The Kier molecular flexibility index (Phi) is 7.64. The second-order valence-electron chi connectivity index (χ2n) is 8.49. The van der Waals surface area contributed by atoms with E-state index < -0.39 is 15.2 Å². The molecule has 1 fully saturated rings. The summed E-state index contributed by atoms with van der Waals surface area (Å²) >= 11 is 0. The molecule has 21 heavy (non-hydrogen) atoms. The van der Waals surface area contributed by atoms with E-state index in [2.05, 4.69) is 26.2 Å². The Hall–Kier alpha value is 0.354. The summed E-state index contributed by atoms with van der Waals surface area (Å²) in [7, 11) is -2.37. The molecule has 0 radical (unpaired) electrons. The monoisotopic (exact) mass is 328 g/mol. The van der Waals surface area contributed by atoms with Crippen LogP contribution in [0.25, 0.3) is 0 Å². The summed E-state index contributed by atoms with van der Waals surface area (Å²) < 4.78 is 0. The standard InChI is InChI=1S/C17H40N2Si2/c1-20(2)16-8-6-5-7-11-17(12-9-14-18,13-10-15-19)21(20,3)4/h5-16,18-19H2,1-4H3. The van der Waals surface area contributed by atoms with Crippen molar-refractivity contribution in [3.05, 3.63) is 0 Å². The fourth-order valence-electron chi connectivity index (χ4n) is 4.61. The molecule has 4 N–H and O–H groups in total. The van der Waals surface area contributed by atoms with E-state index in [0.717, 1.165) is 13.1 Å². The number of rotatable bonds is 6. The van der Waals surface area contributed by atoms with Gasteiger partial charge in [-0.15, -0.1) is 0 Å². The lowest BCUT2D eigenvalue weighted by molar-refractivity contribution is 0.394. The summed E-state index contributed by atoms with van der Waals surface area (Å²) in [4.78, 5) is 0. The molecule has 0 saturated carbocycles. The molecule has 1 aliphatic heterocycles. The van der Waals surface area contributed by atoms with Crippen molar-refractivity contribution >= 4 is 15.2 Å². The molecule has 0 aliphatic carbocycles. The minimum Gasteiger partial charge on any atom is -0.330 e. The molecule has 1 heterocycles. The molecule has 1 saturated heterocycles. The van der Waals surface area contributed by atoms with E-state index in [9.17, 15) is 0 Å². The summed E-state index contributed by atoms with van der Waals surface area (Å²) in [6, 6.07) is 1.55. The predicted molar refractivity (Wildman–Crippen MR) is 102 cm³/mol. The van der Waals surface area contributed by atoms with Crippen LogP contribution in [0.1, 0.15) is 57.8 Å². The number of nitrogens with two attached hydrogens (primary N) is 2. The zero-order valence-corrected chi connectivity index (χ0v) is 17.1. The molecule has 0 amide bonds. The molecule has 0 aromatic carbocycles. The van der Waals surface area contributed by atoms with E-state index in [1.807, 2.05) is 0 Å². The van der Waals surface area contributed by atoms with E-state index >= 15 is 0 Å². The van der Waals surface area contributed by atoms with Gasteiger partial charge in [0.2, 0.25) is 0 Å². The molecule has 0 bridgehead atoms. The Balaban J connectivity index is 3.14. The third kappa shape index (κ3) is 4.43. The van der Waals surface area contributed by atoms with Crippen LogP contribution in [0.2, 0.25) is 37.3 Å². The minimum atomic E-state index is -1.26. The fraction of sp³-hybridized carbons (Fsp3) is 1.00. The molecule has 0 spiro atoms. The predicted octanol–water partition coefficient (Wildman–Crippen LogP) is 4.66. The SMILES string of the molecule is C[Si]1(C)CCCCCCC(CCCN)(CCCN)[Si]1(C)C. The summed E-state index contributed by atoms with van der Waals surface area (Å²) in [5.74, 6) is 0. The van der Waals surface area contributed by atoms with Gasteiger partial charge in [-0.1, -0.05) is 64.3 Å². The van der Waals surface area contributed by atoms with E-state index in [-0.39, 0.29) is 0 Å². The van der Waals surface area contributed by atoms with Crippen LogP contribution >= 0.6 is 0 Å². The second kappa shape index (κ2) is 8.27. The first-order valence-corrected chi connectivity index (χ1v) is 16.4. The van der Waals surface area contributed by atoms with Gasteiger partial charge in [0.05, 0.1) is 0 Å². The van der Waals surface area contributed by atoms with E-state index in [1.54, 1.807) is 6.04 Å². The van der Waals surface area contributed by atoms with Crippen molar-refractivity contribution in [1.82, 2.24) is 0 Å². The summed E-state index contributed by atoms with van der Waals surface area (Å²) in [5, 5.41) is 0.617. The van der Waals surface area contributed by atoms with Crippen molar-refractivity contribution in [2.24, 2.45) is 11.5 Å². The molecular formula is C17H40N2Si2. The maximum Gasteiger partial charge on any atom is 0.0475 e. The number of hydrogen-bond donors (Lipinski definition) is 2. The Labute approximate surface area is 135 Å². The van der Waals surface area contributed by atoms with Gasteiger partial charge in [0, 0.05) is 15.2 Å². The smallest absolute Gasteiger partial charge is 0.0475 e. The minimum absolute atomic E-state index is 0.617.